The Morgan fingerprint density at radius 3 is 2.12 bits per heavy atom. The van der Waals surface area contributed by atoms with Gasteiger partial charge >= 0.3 is 5.97 Å². The molecule has 0 fully saturated rings. The molecule has 3 aromatic rings. The van der Waals surface area contributed by atoms with E-state index in [1.165, 1.54) is 0 Å². The number of carbonyl (C=O) groups is 1. The lowest BCUT2D eigenvalue weighted by molar-refractivity contribution is 0.0735. The van der Waals surface area contributed by atoms with Gasteiger partial charge in [-0.25, -0.2) is 4.79 Å². The van der Waals surface area contributed by atoms with Gasteiger partial charge in [-0.15, -0.1) is 0 Å². The fourth-order valence-corrected chi connectivity index (χ4v) is 2.61. The van der Waals surface area contributed by atoms with E-state index in [9.17, 15) is 4.79 Å². The number of ether oxygens (including phenoxy) is 2. The van der Waals surface area contributed by atoms with Crippen LogP contribution in [0, 0.1) is 0 Å². The number of rotatable bonds is 4. The summed E-state index contributed by atoms with van der Waals surface area (Å²) in [7, 11) is 1.61. The van der Waals surface area contributed by atoms with E-state index in [0.29, 0.717) is 22.1 Å². The second-order valence-corrected chi connectivity index (χ2v) is 5.53. The van der Waals surface area contributed by atoms with Gasteiger partial charge in [0.25, 0.3) is 0 Å². The zero-order valence-corrected chi connectivity index (χ0v) is 13.8. The highest BCUT2D eigenvalue weighted by Crippen LogP contribution is 2.36. The molecule has 0 N–H and O–H groups in total. The van der Waals surface area contributed by atoms with Crippen molar-refractivity contribution in [2.75, 3.05) is 7.11 Å². The molecule has 0 unspecified atom stereocenters. The van der Waals surface area contributed by atoms with Crippen LogP contribution >= 0.6 is 11.6 Å². The van der Waals surface area contributed by atoms with Gasteiger partial charge in [-0.1, -0.05) is 54.1 Å². The van der Waals surface area contributed by atoms with Crippen LogP contribution in [0.5, 0.6) is 11.5 Å². The van der Waals surface area contributed by atoms with E-state index in [4.69, 9.17) is 21.1 Å². The predicted molar refractivity (Wildman–Crippen MR) is 94.8 cm³/mol. The lowest BCUT2D eigenvalue weighted by Crippen LogP contribution is -2.09. The Balaban J connectivity index is 1.97. The number of para-hydroxylation sites is 2. The molecule has 0 heterocycles. The second kappa shape index (κ2) is 7.20. The van der Waals surface area contributed by atoms with E-state index >= 15 is 0 Å². The van der Waals surface area contributed by atoms with Crippen molar-refractivity contribution < 1.29 is 14.3 Å². The zero-order valence-electron chi connectivity index (χ0n) is 13.0. The third kappa shape index (κ3) is 3.42. The minimum Gasteiger partial charge on any atom is -0.496 e. The number of carbonyl (C=O) groups excluding carboxylic acids is 1. The summed E-state index contributed by atoms with van der Waals surface area (Å²) in [5, 5.41) is 0.488. The topological polar surface area (TPSA) is 35.5 Å². The van der Waals surface area contributed by atoms with Gasteiger partial charge in [0.1, 0.15) is 11.5 Å². The van der Waals surface area contributed by atoms with E-state index in [1.54, 1.807) is 37.4 Å². The Labute approximate surface area is 145 Å². The maximum atomic E-state index is 12.4. The molecule has 3 aromatic carbocycles. The number of methoxy groups -OCH3 is 1. The lowest BCUT2D eigenvalue weighted by atomic mass is 10.0. The maximum Gasteiger partial charge on any atom is 0.343 e. The van der Waals surface area contributed by atoms with Gasteiger partial charge < -0.3 is 9.47 Å². The summed E-state index contributed by atoms with van der Waals surface area (Å²) in [6.07, 6.45) is 0. The molecule has 24 heavy (non-hydrogen) atoms. The number of benzene rings is 3. The fraction of sp³-hybridized carbons (Fsp3) is 0.0500. The van der Waals surface area contributed by atoms with Gasteiger partial charge in [0.2, 0.25) is 0 Å². The van der Waals surface area contributed by atoms with Gasteiger partial charge in [-0.05, 0) is 30.3 Å². The van der Waals surface area contributed by atoms with Crippen LogP contribution in [0.25, 0.3) is 11.1 Å². The SMILES string of the molecule is COc1ccccc1-c1ccccc1OC(=O)c1cccc(Cl)c1. The van der Waals surface area contributed by atoms with Crippen molar-refractivity contribution >= 4 is 17.6 Å². The van der Waals surface area contributed by atoms with E-state index in [-0.39, 0.29) is 0 Å². The summed E-state index contributed by atoms with van der Waals surface area (Å²) in [5.74, 6) is 0.718. The first kappa shape index (κ1) is 16.1. The van der Waals surface area contributed by atoms with Crippen LogP contribution in [-0.2, 0) is 0 Å². The Hall–Kier alpha value is -2.78. The van der Waals surface area contributed by atoms with Crippen LogP contribution in [0.4, 0.5) is 0 Å². The second-order valence-electron chi connectivity index (χ2n) is 5.10. The summed E-state index contributed by atoms with van der Waals surface area (Å²) >= 11 is 5.93. The lowest BCUT2D eigenvalue weighted by Gasteiger charge is -2.13. The number of halogens is 1. The van der Waals surface area contributed by atoms with Crippen molar-refractivity contribution in [2.45, 2.75) is 0 Å². The van der Waals surface area contributed by atoms with Crippen molar-refractivity contribution in [1.82, 2.24) is 0 Å². The number of esters is 1. The fourth-order valence-electron chi connectivity index (χ4n) is 2.42. The summed E-state index contributed by atoms with van der Waals surface area (Å²) in [4.78, 5) is 12.4. The Kier molecular flexibility index (Phi) is 4.82. The minimum atomic E-state index is -0.458. The Morgan fingerprint density at radius 1 is 0.833 bits per heavy atom. The van der Waals surface area contributed by atoms with Gasteiger partial charge in [0.05, 0.1) is 12.7 Å². The van der Waals surface area contributed by atoms with Crippen molar-refractivity contribution in [3.63, 3.8) is 0 Å². The van der Waals surface area contributed by atoms with E-state index in [1.807, 2.05) is 42.5 Å². The van der Waals surface area contributed by atoms with Crippen LogP contribution in [0.3, 0.4) is 0 Å². The van der Waals surface area contributed by atoms with Crippen molar-refractivity contribution in [3.05, 3.63) is 83.4 Å². The molecule has 3 rings (SSSR count). The highest BCUT2D eigenvalue weighted by molar-refractivity contribution is 6.30. The normalized spacial score (nSPS) is 10.2. The molecule has 0 saturated carbocycles. The molecule has 0 aliphatic rings. The van der Waals surface area contributed by atoms with Crippen LogP contribution in [-0.4, -0.2) is 13.1 Å². The maximum absolute atomic E-state index is 12.4. The van der Waals surface area contributed by atoms with Gasteiger partial charge in [0, 0.05) is 16.1 Å². The molecule has 0 radical (unpaired) electrons. The summed E-state index contributed by atoms with van der Waals surface area (Å²) in [6.45, 7) is 0. The van der Waals surface area contributed by atoms with Crippen LogP contribution in [0.1, 0.15) is 10.4 Å². The smallest absolute Gasteiger partial charge is 0.343 e. The average molecular weight is 339 g/mol. The third-order valence-electron chi connectivity index (χ3n) is 3.55. The molecule has 3 nitrogen and oxygen atoms in total. The summed E-state index contributed by atoms with van der Waals surface area (Å²) in [5.41, 5.74) is 2.04. The minimum absolute atomic E-state index is 0.400. The Bertz CT molecular complexity index is 874. The van der Waals surface area contributed by atoms with E-state index in [0.717, 1.165) is 11.1 Å². The molecular weight excluding hydrogens is 324 g/mol. The van der Waals surface area contributed by atoms with Crippen molar-refractivity contribution in [1.29, 1.82) is 0 Å². The van der Waals surface area contributed by atoms with Crippen LogP contribution in [0.15, 0.2) is 72.8 Å². The molecular formula is C20H15ClO3. The zero-order chi connectivity index (χ0) is 16.9. The van der Waals surface area contributed by atoms with Crippen molar-refractivity contribution in [2.24, 2.45) is 0 Å². The standard InChI is InChI=1S/C20H15ClO3/c1-23-18-11-4-2-9-16(18)17-10-3-5-12-19(17)24-20(22)14-7-6-8-15(21)13-14/h2-13H,1H3. The highest BCUT2D eigenvalue weighted by atomic mass is 35.5. The molecule has 0 aliphatic heterocycles. The predicted octanol–water partition coefficient (Wildman–Crippen LogP) is 5.23. The van der Waals surface area contributed by atoms with Crippen LogP contribution < -0.4 is 9.47 Å². The molecule has 0 amide bonds. The van der Waals surface area contributed by atoms with E-state index in [2.05, 4.69) is 0 Å². The largest absolute Gasteiger partial charge is 0.496 e. The highest BCUT2D eigenvalue weighted by Gasteiger charge is 2.15. The summed E-state index contributed by atoms with van der Waals surface area (Å²) < 4.78 is 11.0. The first-order chi connectivity index (χ1) is 11.7. The quantitative estimate of drug-likeness (QED) is 0.482. The summed E-state index contributed by atoms with van der Waals surface area (Å²) in [6, 6.07) is 21.6. The molecule has 0 saturated heterocycles. The Morgan fingerprint density at radius 2 is 1.46 bits per heavy atom. The number of hydrogen-bond acceptors (Lipinski definition) is 3. The van der Waals surface area contributed by atoms with Gasteiger partial charge in [-0.2, -0.15) is 0 Å². The molecule has 0 aliphatic carbocycles. The average Bonchev–Trinajstić information content (AvgIpc) is 2.62. The van der Waals surface area contributed by atoms with Gasteiger partial charge in [0.15, 0.2) is 0 Å². The molecule has 0 spiro atoms. The number of hydrogen-bond donors (Lipinski definition) is 0. The first-order valence-electron chi connectivity index (χ1n) is 7.39. The molecule has 0 aromatic heterocycles. The van der Waals surface area contributed by atoms with Crippen LogP contribution in [0.2, 0.25) is 5.02 Å². The third-order valence-corrected chi connectivity index (χ3v) is 3.78. The molecule has 120 valence electrons. The van der Waals surface area contributed by atoms with Crippen molar-refractivity contribution in [3.8, 4) is 22.6 Å². The molecule has 0 atom stereocenters. The first-order valence-corrected chi connectivity index (χ1v) is 7.77. The monoisotopic (exact) mass is 338 g/mol. The molecule has 4 heteroatoms. The van der Waals surface area contributed by atoms with Gasteiger partial charge in [-0.3, -0.25) is 0 Å². The molecule has 0 bridgehead atoms. The van der Waals surface area contributed by atoms with E-state index < -0.39 is 5.97 Å².